The molecule has 0 amide bonds. The fraction of sp³-hybridized carbons (Fsp3) is 0.905. The predicted molar refractivity (Wildman–Crippen MR) is 101 cm³/mol. The first-order chi connectivity index (χ1) is 12.6. The van der Waals surface area contributed by atoms with Gasteiger partial charge in [0, 0.05) is 0 Å². The second-order valence-electron chi connectivity index (χ2n) is 9.68. The molecule has 0 bridgehead atoms. The molecule has 0 aromatic heterocycles. The average molecular weight is 385 g/mol. The van der Waals surface area contributed by atoms with Crippen molar-refractivity contribution >= 4 is 0 Å². The van der Waals surface area contributed by atoms with Crippen LogP contribution < -0.4 is 0 Å². The molecule has 0 aromatic carbocycles. The van der Waals surface area contributed by atoms with Gasteiger partial charge in [0.05, 0.1) is 13.2 Å². The largest absolute Gasteiger partial charge is 0.394 e. The van der Waals surface area contributed by atoms with Crippen molar-refractivity contribution in [2.45, 2.75) is 84.1 Å². The second-order valence-corrected chi connectivity index (χ2v) is 9.68. The fourth-order valence-corrected chi connectivity index (χ4v) is 5.37. The van der Waals surface area contributed by atoms with Crippen molar-refractivity contribution in [1.82, 2.24) is 0 Å². The molecule has 2 saturated carbocycles. The number of hydrogen-bond acceptors (Lipinski definition) is 6. The van der Waals surface area contributed by atoms with E-state index in [-0.39, 0.29) is 5.41 Å². The number of allylic oxidation sites excluding steroid dienone is 1. The Balaban J connectivity index is 1.71. The quantitative estimate of drug-likeness (QED) is 0.550. The number of ether oxygens (including phenoxy) is 2. The van der Waals surface area contributed by atoms with Gasteiger partial charge in [-0.15, -0.1) is 0 Å². The second kappa shape index (κ2) is 8.09. The molecule has 8 atom stereocenters. The number of aliphatic hydroxyl groups excluding tert-OH is 4. The molecule has 4 N–H and O–H groups in total. The van der Waals surface area contributed by atoms with Crippen molar-refractivity contribution in [3.8, 4) is 0 Å². The summed E-state index contributed by atoms with van der Waals surface area (Å²) >= 11 is 0. The van der Waals surface area contributed by atoms with E-state index >= 15 is 0 Å². The Hall–Kier alpha value is -0.500. The summed E-state index contributed by atoms with van der Waals surface area (Å²) in [6, 6.07) is 0. The summed E-state index contributed by atoms with van der Waals surface area (Å²) in [5, 5.41) is 39.3. The molecule has 1 heterocycles. The standard InChI is InChI=1S/C21H36O6/c1-11-5-6-13-14(11)7-21(3,4)8-15(13)12(2)10-26-20-19(25)18(24)17(23)16(9-22)27-20/h11,13-14,16-20,22-25H,5-10H2,1-4H3/t11-,13-,14-,16+,17+,18-,19+,20-/m1/s1. The smallest absolute Gasteiger partial charge is 0.187 e. The topological polar surface area (TPSA) is 99.4 Å². The van der Waals surface area contributed by atoms with Gasteiger partial charge in [0.15, 0.2) is 6.29 Å². The molecular formula is C21H36O6. The summed E-state index contributed by atoms with van der Waals surface area (Å²) in [5.74, 6) is 2.10. The zero-order chi connectivity index (χ0) is 19.9. The number of aliphatic hydroxyl groups is 4. The summed E-state index contributed by atoms with van der Waals surface area (Å²) < 4.78 is 11.3. The molecule has 0 aromatic rings. The first-order valence-electron chi connectivity index (χ1n) is 10.2. The van der Waals surface area contributed by atoms with Gasteiger partial charge < -0.3 is 29.9 Å². The molecule has 0 spiro atoms. The van der Waals surface area contributed by atoms with Crippen molar-refractivity contribution in [2.75, 3.05) is 13.2 Å². The van der Waals surface area contributed by atoms with Gasteiger partial charge in [-0.2, -0.15) is 0 Å². The molecule has 156 valence electrons. The van der Waals surface area contributed by atoms with Crippen LogP contribution in [0.25, 0.3) is 0 Å². The average Bonchev–Trinajstić information content (AvgIpc) is 2.98. The van der Waals surface area contributed by atoms with Crippen LogP contribution in [0.1, 0.15) is 53.4 Å². The van der Waals surface area contributed by atoms with E-state index in [1.54, 1.807) is 0 Å². The van der Waals surface area contributed by atoms with Crippen molar-refractivity contribution < 1.29 is 29.9 Å². The van der Waals surface area contributed by atoms with Crippen molar-refractivity contribution in [2.24, 2.45) is 23.2 Å². The number of hydrogen-bond donors (Lipinski definition) is 4. The molecule has 3 fully saturated rings. The monoisotopic (exact) mass is 384 g/mol. The van der Waals surface area contributed by atoms with Crippen LogP contribution in [0.15, 0.2) is 11.1 Å². The molecule has 6 nitrogen and oxygen atoms in total. The summed E-state index contributed by atoms with van der Waals surface area (Å²) in [5.41, 5.74) is 2.92. The molecule has 2 aliphatic carbocycles. The third-order valence-corrected chi connectivity index (χ3v) is 6.95. The lowest BCUT2D eigenvalue weighted by atomic mass is 9.63. The van der Waals surface area contributed by atoms with Crippen molar-refractivity contribution in [3.63, 3.8) is 0 Å². The van der Waals surface area contributed by atoms with E-state index in [0.29, 0.717) is 12.5 Å². The number of rotatable bonds is 4. The van der Waals surface area contributed by atoms with Gasteiger partial charge in [-0.25, -0.2) is 0 Å². The Morgan fingerprint density at radius 2 is 1.85 bits per heavy atom. The Labute approximate surface area is 162 Å². The Morgan fingerprint density at radius 3 is 2.52 bits per heavy atom. The zero-order valence-electron chi connectivity index (χ0n) is 17.0. The first-order valence-corrected chi connectivity index (χ1v) is 10.2. The minimum atomic E-state index is -1.40. The molecule has 3 rings (SSSR count). The number of fused-ring (bicyclic) bond motifs is 1. The summed E-state index contributed by atoms with van der Waals surface area (Å²) in [4.78, 5) is 0. The van der Waals surface area contributed by atoms with E-state index < -0.39 is 37.3 Å². The maximum atomic E-state index is 10.2. The third kappa shape index (κ3) is 4.26. The third-order valence-electron chi connectivity index (χ3n) is 6.95. The van der Waals surface area contributed by atoms with Crippen LogP contribution >= 0.6 is 0 Å². The van der Waals surface area contributed by atoms with Gasteiger partial charge in [-0.1, -0.05) is 26.3 Å². The SMILES string of the molecule is CC(CO[C@@H]1O[C@@H](CO)[C@H](O)[C@@H](O)[C@@H]1O)=C1CC(C)(C)C[C@@H]2[C@H](C)CC[C@@H]12. The van der Waals surface area contributed by atoms with E-state index in [0.717, 1.165) is 18.3 Å². The molecule has 1 aliphatic heterocycles. The first kappa shape index (κ1) is 21.2. The van der Waals surface area contributed by atoms with Crippen LogP contribution in [-0.2, 0) is 9.47 Å². The molecule has 3 aliphatic rings. The van der Waals surface area contributed by atoms with Crippen LogP contribution in [0.3, 0.4) is 0 Å². The fourth-order valence-electron chi connectivity index (χ4n) is 5.37. The molecular weight excluding hydrogens is 348 g/mol. The van der Waals surface area contributed by atoms with Gasteiger partial charge in [0.25, 0.3) is 0 Å². The Morgan fingerprint density at radius 1 is 1.15 bits per heavy atom. The van der Waals surface area contributed by atoms with Gasteiger partial charge in [-0.05, 0) is 61.3 Å². The molecule has 0 unspecified atom stereocenters. The van der Waals surface area contributed by atoms with E-state index in [4.69, 9.17) is 9.47 Å². The maximum Gasteiger partial charge on any atom is 0.187 e. The maximum absolute atomic E-state index is 10.2. The van der Waals surface area contributed by atoms with E-state index in [9.17, 15) is 20.4 Å². The van der Waals surface area contributed by atoms with Gasteiger partial charge >= 0.3 is 0 Å². The highest BCUT2D eigenvalue weighted by Crippen LogP contribution is 2.54. The molecule has 27 heavy (non-hydrogen) atoms. The Bertz CT molecular complexity index is 557. The summed E-state index contributed by atoms with van der Waals surface area (Å²) in [6.07, 6.45) is -1.27. The highest BCUT2D eigenvalue weighted by atomic mass is 16.7. The van der Waals surface area contributed by atoms with E-state index in [2.05, 4.69) is 27.7 Å². The summed E-state index contributed by atoms with van der Waals surface area (Å²) in [7, 11) is 0. The van der Waals surface area contributed by atoms with Crippen molar-refractivity contribution in [3.05, 3.63) is 11.1 Å². The lowest BCUT2D eigenvalue weighted by Crippen LogP contribution is -2.59. The van der Waals surface area contributed by atoms with Gasteiger partial charge in [0.2, 0.25) is 0 Å². The van der Waals surface area contributed by atoms with Gasteiger partial charge in [-0.3, -0.25) is 0 Å². The highest BCUT2D eigenvalue weighted by molar-refractivity contribution is 5.23. The van der Waals surface area contributed by atoms with Crippen LogP contribution in [0.2, 0.25) is 0 Å². The van der Waals surface area contributed by atoms with Crippen LogP contribution in [-0.4, -0.2) is 64.3 Å². The minimum Gasteiger partial charge on any atom is -0.394 e. The van der Waals surface area contributed by atoms with Crippen molar-refractivity contribution in [1.29, 1.82) is 0 Å². The molecule has 6 heteroatoms. The zero-order valence-corrected chi connectivity index (χ0v) is 17.0. The summed E-state index contributed by atoms with van der Waals surface area (Å²) in [6.45, 7) is 8.98. The van der Waals surface area contributed by atoms with Crippen LogP contribution in [0.4, 0.5) is 0 Å². The lowest BCUT2D eigenvalue weighted by Gasteiger charge is -2.42. The molecule has 0 radical (unpaired) electrons. The van der Waals surface area contributed by atoms with E-state index in [1.807, 2.05) is 0 Å². The minimum absolute atomic E-state index is 0.277. The van der Waals surface area contributed by atoms with Crippen LogP contribution in [0.5, 0.6) is 0 Å². The normalized spacial score (nSPS) is 46.2. The molecule has 1 saturated heterocycles. The Kier molecular flexibility index (Phi) is 6.36. The lowest BCUT2D eigenvalue weighted by molar-refractivity contribution is -0.299. The van der Waals surface area contributed by atoms with Gasteiger partial charge in [0.1, 0.15) is 24.4 Å². The van der Waals surface area contributed by atoms with E-state index in [1.165, 1.54) is 30.4 Å². The highest BCUT2D eigenvalue weighted by Gasteiger charge is 2.45. The van der Waals surface area contributed by atoms with Crippen LogP contribution in [0, 0.1) is 23.2 Å². The predicted octanol–water partition coefficient (Wildman–Crippen LogP) is 1.60.